The summed E-state index contributed by atoms with van der Waals surface area (Å²) in [6.45, 7) is 14.4. The highest BCUT2D eigenvalue weighted by molar-refractivity contribution is 6.34. The van der Waals surface area contributed by atoms with Crippen molar-refractivity contribution in [3.8, 4) is 0 Å². The first-order valence-electron chi connectivity index (χ1n) is 11.6. The highest BCUT2D eigenvalue weighted by Crippen LogP contribution is 2.30. The number of alkyl carbamates (subject to hydrolysis) is 1. The van der Waals surface area contributed by atoms with Crippen molar-refractivity contribution in [3.63, 3.8) is 0 Å². The van der Waals surface area contributed by atoms with Crippen LogP contribution < -0.4 is 10.6 Å². The number of carbonyl (C=O) groups is 3. The maximum atomic E-state index is 13.7. The molecule has 2 aromatic rings. The Morgan fingerprint density at radius 3 is 2.20 bits per heavy atom. The van der Waals surface area contributed by atoms with E-state index < -0.39 is 29.6 Å². The number of aryl methyl sites for hydroxylation is 3. The third-order valence-corrected chi connectivity index (χ3v) is 5.79. The number of nitrogens with one attached hydrogen (secondary N) is 2. The van der Waals surface area contributed by atoms with Crippen LogP contribution in [-0.2, 0) is 14.3 Å². The molecule has 0 heterocycles. The van der Waals surface area contributed by atoms with Gasteiger partial charge in [0.1, 0.15) is 18.2 Å². The van der Waals surface area contributed by atoms with Crippen LogP contribution in [0.4, 0.5) is 10.5 Å². The smallest absolute Gasteiger partial charge is 0.408 e. The number of carbonyl (C=O) groups excluding carboxylic acids is 3. The summed E-state index contributed by atoms with van der Waals surface area (Å²) in [7, 11) is 0. The van der Waals surface area contributed by atoms with Gasteiger partial charge < -0.3 is 20.3 Å². The number of hydrogen-bond acceptors (Lipinski definition) is 4. The lowest BCUT2D eigenvalue weighted by atomic mass is 9.97. The van der Waals surface area contributed by atoms with Crippen molar-refractivity contribution in [1.82, 2.24) is 10.2 Å². The van der Waals surface area contributed by atoms with Crippen LogP contribution in [0.25, 0.3) is 0 Å². The molecule has 0 aliphatic rings. The Morgan fingerprint density at radius 1 is 1.00 bits per heavy atom. The Balaban J connectivity index is 2.43. The topological polar surface area (TPSA) is 87.7 Å². The van der Waals surface area contributed by atoms with Crippen LogP contribution in [-0.4, -0.2) is 41.0 Å². The van der Waals surface area contributed by atoms with Gasteiger partial charge in [-0.3, -0.25) is 9.59 Å². The van der Waals surface area contributed by atoms with Crippen molar-refractivity contribution in [2.24, 2.45) is 0 Å². The molecule has 1 unspecified atom stereocenters. The lowest BCUT2D eigenvalue weighted by molar-refractivity contribution is -0.140. The fourth-order valence-corrected chi connectivity index (χ4v) is 3.91. The van der Waals surface area contributed by atoms with E-state index in [9.17, 15) is 14.4 Å². The van der Waals surface area contributed by atoms with Crippen LogP contribution >= 0.6 is 11.6 Å². The van der Waals surface area contributed by atoms with E-state index in [0.29, 0.717) is 16.3 Å². The van der Waals surface area contributed by atoms with Crippen molar-refractivity contribution in [3.05, 3.63) is 63.7 Å². The van der Waals surface area contributed by atoms with Gasteiger partial charge >= 0.3 is 6.09 Å². The van der Waals surface area contributed by atoms with Crippen LogP contribution in [0.1, 0.15) is 62.9 Å². The number of ether oxygens (including phenoxy) is 1. The van der Waals surface area contributed by atoms with Gasteiger partial charge in [-0.15, -0.1) is 0 Å². The Morgan fingerprint density at radius 2 is 1.66 bits per heavy atom. The van der Waals surface area contributed by atoms with Crippen LogP contribution in [0.3, 0.4) is 0 Å². The lowest BCUT2D eigenvalue weighted by Gasteiger charge is -2.35. The summed E-state index contributed by atoms with van der Waals surface area (Å²) < 4.78 is 5.24. The minimum atomic E-state index is -0.946. The van der Waals surface area contributed by atoms with E-state index >= 15 is 0 Å². The average molecular weight is 502 g/mol. The van der Waals surface area contributed by atoms with E-state index in [1.165, 1.54) is 4.90 Å². The van der Waals surface area contributed by atoms with Crippen LogP contribution in [0.15, 0.2) is 36.4 Å². The van der Waals surface area contributed by atoms with Gasteiger partial charge in [-0.25, -0.2) is 4.79 Å². The van der Waals surface area contributed by atoms with Gasteiger partial charge in [-0.2, -0.15) is 0 Å². The molecule has 0 saturated carbocycles. The number of nitrogens with zero attached hydrogens (tertiary/aromatic N) is 1. The monoisotopic (exact) mass is 501 g/mol. The van der Waals surface area contributed by atoms with Crippen molar-refractivity contribution in [1.29, 1.82) is 0 Å². The quantitative estimate of drug-likeness (QED) is 0.509. The van der Waals surface area contributed by atoms with E-state index in [1.54, 1.807) is 32.9 Å². The summed E-state index contributed by atoms with van der Waals surface area (Å²) in [5.41, 5.74) is 3.34. The molecule has 8 heteroatoms. The van der Waals surface area contributed by atoms with Crippen molar-refractivity contribution in [2.75, 3.05) is 11.9 Å². The molecule has 0 fully saturated rings. The molecule has 0 bridgehead atoms. The summed E-state index contributed by atoms with van der Waals surface area (Å²) >= 11 is 6.36. The summed E-state index contributed by atoms with van der Waals surface area (Å²) in [5.74, 6) is -0.816. The third kappa shape index (κ3) is 7.72. The second-order valence-electron chi connectivity index (χ2n) is 9.92. The molecule has 0 spiro atoms. The molecule has 190 valence electrons. The molecule has 2 aromatic carbocycles. The van der Waals surface area contributed by atoms with Gasteiger partial charge in [-0.1, -0.05) is 41.9 Å². The zero-order valence-corrected chi connectivity index (χ0v) is 22.5. The highest BCUT2D eigenvalue weighted by Gasteiger charge is 2.34. The third-order valence-electron chi connectivity index (χ3n) is 5.47. The molecule has 0 radical (unpaired) electrons. The number of para-hydroxylation sites is 1. The summed E-state index contributed by atoms with van der Waals surface area (Å²) in [5, 5.41) is 5.83. The molecule has 0 aromatic heterocycles. The number of anilines is 1. The first kappa shape index (κ1) is 28.2. The summed E-state index contributed by atoms with van der Waals surface area (Å²) in [4.78, 5) is 40.7. The zero-order chi connectivity index (χ0) is 26.5. The van der Waals surface area contributed by atoms with E-state index in [4.69, 9.17) is 16.3 Å². The molecular weight excluding hydrogens is 466 g/mol. The van der Waals surface area contributed by atoms with E-state index in [-0.39, 0.29) is 12.6 Å². The number of benzene rings is 2. The average Bonchev–Trinajstić information content (AvgIpc) is 2.73. The van der Waals surface area contributed by atoms with Crippen LogP contribution in [0.5, 0.6) is 0 Å². The minimum absolute atomic E-state index is 0.313. The fraction of sp³-hybridized carbons (Fsp3) is 0.444. The molecule has 0 aliphatic heterocycles. The van der Waals surface area contributed by atoms with Crippen LogP contribution in [0.2, 0.25) is 5.02 Å². The number of rotatable bonds is 7. The minimum Gasteiger partial charge on any atom is -0.444 e. The normalized spacial score (nSPS) is 12.2. The molecule has 2 N–H and O–H groups in total. The predicted molar refractivity (Wildman–Crippen MR) is 140 cm³/mol. The summed E-state index contributed by atoms with van der Waals surface area (Å²) in [6, 6.07) is 9.74. The second-order valence-corrected chi connectivity index (χ2v) is 10.3. The SMILES string of the molecule is Cc1ccc(C(C(=O)Nc2c(C)cccc2Cl)N(C(=O)CNC(=O)OC(C)(C)C)C(C)C)cc1C. The Kier molecular flexibility index (Phi) is 9.32. The lowest BCUT2D eigenvalue weighted by Crippen LogP contribution is -2.49. The first-order chi connectivity index (χ1) is 16.2. The Hall–Kier alpha value is -3.06. The number of hydrogen-bond donors (Lipinski definition) is 2. The van der Waals surface area contributed by atoms with Gasteiger partial charge in [0.15, 0.2) is 0 Å². The van der Waals surface area contributed by atoms with Gasteiger partial charge in [0.25, 0.3) is 5.91 Å². The Labute approximate surface area is 213 Å². The molecule has 0 aliphatic carbocycles. The van der Waals surface area contributed by atoms with Gasteiger partial charge in [0.05, 0.1) is 10.7 Å². The van der Waals surface area contributed by atoms with E-state index in [1.807, 2.05) is 58.9 Å². The van der Waals surface area contributed by atoms with Gasteiger partial charge in [0.2, 0.25) is 5.91 Å². The summed E-state index contributed by atoms with van der Waals surface area (Å²) in [6.07, 6.45) is -0.701. The van der Waals surface area contributed by atoms with Crippen molar-refractivity contribution >= 4 is 35.2 Å². The number of amides is 3. The molecular formula is C27H36ClN3O4. The highest BCUT2D eigenvalue weighted by atomic mass is 35.5. The second kappa shape index (κ2) is 11.6. The van der Waals surface area contributed by atoms with Crippen molar-refractivity contribution in [2.45, 2.75) is 73.1 Å². The molecule has 3 amide bonds. The maximum Gasteiger partial charge on any atom is 0.408 e. The molecule has 2 rings (SSSR count). The van der Waals surface area contributed by atoms with Crippen molar-refractivity contribution < 1.29 is 19.1 Å². The van der Waals surface area contributed by atoms with Gasteiger partial charge in [-0.05, 0) is 83.7 Å². The fourth-order valence-electron chi connectivity index (χ4n) is 3.64. The van der Waals surface area contributed by atoms with E-state index in [2.05, 4.69) is 10.6 Å². The van der Waals surface area contributed by atoms with Gasteiger partial charge in [0, 0.05) is 6.04 Å². The first-order valence-corrected chi connectivity index (χ1v) is 12.0. The van der Waals surface area contributed by atoms with E-state index in [0.717, 1.165) is 16.7 Å². The molecule has 1 atom stereocenters. The Bertz CT molecular complexity index is 1070. The molecule has 7 nitrogen and oxygen atoms in total. The maximum absolute atomic E-state index is 13.7. The number of halogens is 1. The zero-order valence-electron chi connectivity index (χ0n) is 21.8. The van der Waals surface area contributed by atoms with Crippen LogP contribution in [0, 0.1) is 20.8 Å². The molecule has 35 heavy (non-hydrogen) atoms. The molecule has 0 saturated heterocycles. The standard InChI is InChI=1S/C27H36ClN3O4/c1-16(2)31(22(32)15-29-26(34)35-27(6,7)8)24(20-13-12-17(3)19(5)14-20)25(33)30-23-18(4)10-9-11-21(23)28/h9-14,16,24H,15H2,1-8H3,(H,29,34)(H,30,33). The largest absolute Gasteiger partial charge is 0.444 e. The predicted octanol–water partition coefficient (Wildman–Crippen LogP) is 5.71.